The van der Waals surface area contributed by atoms with E-state index in [-0.39, 0.29) is 0 Å². The average Bonchev–Trinajstić information content (AvgIpc) is 2.64. The molecule has 4 heteroatoms. The van der Waals surface area contributed by atoms with Gasteiger partial charge in [-0.05, 0) is 31.6 Å². The maximum atomic E-state index is 4.64. The SMILES string of the molecule is CCc1nnc(NC2CCCCCC2C)nc1CC. The number of hydrogen-bond acceptors (Lipinski definition) is 4. The molecule has 0 amide bonds. The lowest BCUT2D eigenvalue weighted by Gasteiger charge is -2.22. The molecule has 0 aliphatic heterocycles. The molecule has 2 rings (SSSR count). The van der Waals surface area contributed by atoms with Gasteiger partial charge in [0.1, 0.15) is 0 Å². The molecule has 0 spiro atoms. The maximum Gasteiger partial charge on any atom is 0.243 e. The number of aryl methyl sites for hydroxylation is 2. The van der Waals surface area contributed by atoms with Gasteiger partial charge in [0.05, 0.1) is 11.4 Å². The monoisotopic (exact) mass is 262 g/mol. The summed E-state index contributed by atoms with van der Waals surface area (Å²) in [6.07, 6.45) is 8.38. The molecule has 1 aromatic heterocycles. The molecule has 1 heterocycles. The normalized spacial score (nSPS) is 23.9. The third-order valence-electron chi connectivity index (χ3n) is 4.19. The smallest absolute Gasteiger partial charge is 0.243 e. The number of nitrogens with one attached hydrogen (secondary N) is 1. The van der Waals surface area contributed by atoms with Gasteiger partial charge in [0, 0.05) is 6.04 Å². The van der Waals surface area contributed by atoms with Crippen molar-refractivity contribution in [2.24, 2.45) is 5.92 Å². The van der Waals surface area contributed by atoms with Crippen molar-refractivity contribution in [2.75, 3.05) is 5.32 Å². The van der Waals surface area contributed by atoms with E-state index in [1.807, 2.05) is 0 Å². The summed E-state index contributed by atoms with van der Waals surface area (Å²) >= 11 is 0. The lowest BCUT2D eigenvalue weighted by molar-refractivity contribution is 0.453. The van der Waals surface area contributed by atoms with E-state index in [1.54, 1.807) is 0 Å². The number of aromatic nitrogens is 3. The molecule has 0 bridgehead atoms. The van der Waals surface area contributed by atoms with Crippen LogP contribution in [0.5, 0.6) is 0 Å². The van der Waals surface area contributed by atoms with Crippen LogP contribution in [0.15, 0.2) is 0 Å². The van der Waals surface area contributed by atoms with Crippen molar-refractivity contribution < 1.29 is 0 Å². The fourth-order valence-electron chi connectivity index (χ4n) is 2.87. The minimum atomic E-state index is 0.501. The molecule has 1 saturated carbocycles. The van der Waals surface area contributed by atoms with Crippen LogP contribution in [0.1, 0.15) is 64.3 Å². The van der Waals surface area contributed by atoms with Crippen molar-refractivity contribution in [1.29, 1.82) is 0 Å². The van der Waals surface area contributed by atoms with Crippen molar-refractivity contribution in [3.63, 3.8) is 0 Å². The Balaban J connectivity index is 2.09. The number of rotatable bonds is 4. The molecular weight excluding hydrogens is 236 g/mol. The molecule has 0 aromatic carbocycles. The number of nitrogens with zero attached hydrogens (tertiary/aromatic N) is 3. The maximum absolute atomic E-state index is 4.64. The van der Waals surface area contributed by atoms with E-state index in [2.05, 4.69) is 41.3 Å². The summed E-state index contributed by atoms with van der Waals surface area (Å²) in [5.41, 5.74) is 2.11. The fraction of sp³-hybridized carbons (Fsp3) is 0.800. The third-order valence-corrected chi connectivity index (χ3v) is 4.19. The second-order valence-corrected chi connectivity index (χ2v) is 5.60. The van der Waals surface area contributed by atoms with Crippen LogP contribution in [0.2, 0.25) is 0 Å². The molecule has 1 fully saturated rings. The number of anilines is 1. The van der Waals surface area contributed by atoms with E-state index < -0.39 is 0 Å². The first-order chi connectivity index (χ1) is 9.24. The zero-order chi connectivity index (χ0) is 13.7. The van der Waals surface area contributed by atoms with E-state index >= 15 is 0 Å². The Labute approximate surface area is 116 Å². The van der Waals surface area contributed by atoms with E-state index in [9.17, 15) is 0 Å². The molecule has 0 radical (unpaired) electrons. The molecule has 2 atom stereocenters. The second kappa shape index (κ2) is 6.83. The van der Waals surface area contributed by atoms with Crippen LogP contribution in [0.25, 0.3) is 0 Å². The first-order valence-electron chi connectivity index (χ1n) is 7.73. The number of hydrogen-bond donors (Lipinski definition) is 1. The predicted molar refractivity (Wildman–Crippen MR) is 78.2 cm³/mol. The van der Waals surface area contributed by atoms with Crippen LogP contribution in [0.4, 0.5) is 5.95 Å². The second-order valence-electron chi connectivity index (χ2n) is 5.60. The first kappa shape index (κ1) is 14.2. The summed E-state index contributed by atoms with van der Waals surface area (Å²) < 4.78 is 0. The molecule has 1 aliphatic carbocycles. The summed E-state index contributed by atoms with van der Waals surface area (Å²) in [4.78, 5) is 4.64. The Hall–Kier alpha value is -1.19. The first-order valence-corrected chi connectivity index (χ1v) is 7.73. The van der Waals surface area contributed by atoms with Gasteiger partial charge in [-0.2, -0.15) is 5.10 Å². The van der Waals surface area contributed by atoms with Crippen LogP contribution in [0, 0.1) is 5.92 Å². The van der Waals surface area contributed by atoms with Crippen molar-refractivity contribution in [3.8, 4) is 0 Å². The Morgan fingerprint density at radius 2 is 1.74 bits per heavy atom. The summed E-state index contributed by atoms with van der Waals surface area (Å²) in [6.45, 7) is 6.56. The van der Waals surface area contributed by atoms with Crippen molar-refractivity contribution in [1.82, 2.24) is 15.2 Å². The minimum Gasteiger partial charge on any atom is -0.350 e. The topological polar surface area (TPSA) is 50.7 Å². The van der Waals surface area contributed by atoms with Gasteiger partial charge in [-0.25, -0.2) is 4.98 Å². The highest BCUT2D eigenvalue weighted by Crippen LogP contribution is 2.25. The highest BCUT2D eigenvalue weighted by atomic mass is 15.2. The van der Waals surface area contributed by atoms with Gasteiger partial charge in [-0.15, -0.1) is 5.10 Å². The van der Waals surface area contributed by atoms with Crippen LogP contribution in [-0.4, -0.2) is 21.2 Å². The summed E-state index contributed by atoms with van der Waals surface area (Å²) in [7, 11) is 0. The van der Waals surface area contributed by atoms with E-state index in [4.69, 9.17) is 0 Å². The standard InChI is InChI=1S/C15H26N4/c1-4-12-13(5-2)18-19-15(16-12)17-14-10-8-6-7-9-11(14)3/h11,14H,4-10H2,1-3H3,(H,16,17,19). The van der Waals surface area contributed by atoms with Crippen LogP contribution in [-0.2, 0) is 12.8 Å². The van der Waals surface area contributed by atoms with Crippen LogP contribution < -0.4 is 5.32 Å². The van der Waals surface area contributed by atoms with Crippen molar-refractivity contribution in [2.45, 2.75) is 71.8 Å². The lowest BCUT2D eigenvalue weighted by atomic mass is 9.97. The molecule has 2 unspecified atom stereocenters. The Morgan fingerprint density at radius 3 is 2.47 bits per heavy atom. The Kier molecular flexibility index (Phi) is 5.11. The zero-order valence-corrected chi connectivity index (χ0v) is 12.4. The van der Waals surface area contributed by atoms with Gasteiger partial charge >= 0.3 is 0 Å². The Bertz CT molecular complexity index is 405. The zero-order valence-electron chi connectivity index (χ0n) is 12.4. The molecule has 1 aliphatic rings. The van der Waals surface area contributed by atoms with Crippen molar-refractivity contribution >= 4 is 5.95 Å². The van der Waals surface area contributed by atoms with E-state index in [0.29, 0.717) is 17.9 Å². The van der Waals surface area contributed by atoms with E-state index in [0.717, 1.165) is 24.2 Å². The molecule has 106 valence electrons. The summed E-state index contributed by atoms with van der Waals surface area (Å²) in [5, 5.41) is 12.1. The van der Waals surface area contributed by atoms with Gasteiger partial charge in [0.25, 0.3) is 0 Å². The quantitative estimate of drug-likeness (QED) is 0.845. The molecule has 1 aromatic rings. The third kappa shape index (κ3) is 3.64. The fourth-order valence-corrected chi connectivity index (χ4v) is 2.87. The van der Waals surface area contributed by atoms with Gasteiger partial charge in [0.2, 0.25) is 5.95 Å². The Morgan fingerprint density at radius 1 is 1.00 bits per heavy atom. The summed E-state index contributed by atoms with van der Waals surface area (Å²) in [5.74, 6) is 1.41. The van der Waals surface area contributed by atoms with Crippen LogP contribution >= 0.6 is 0 Å². The lowest BCUT2D eigenvalue weighted by Crippen LogP contribution is -2.27. The summed E-state index contributed by atoms with van der Waals surface area (Å²) in [6, 6.07) is 0.501. The van der Waals surface area contributed by atoms with Gasteiger partial charge in [-0.1, -0.05) is 40.0 Å². The average molecular weight is 262 g/mol. The molecule has 0 saturated heterocycles. The highest BCUT2D eigenvalue weighted by molar-refractivity contribution is 5.27. The molecule has 1 N–H and O–H groups in total. The van der Waals surface area contributed by atoms with Gasteiger partial charge in [-0.3, -0.25) is 0 Å². The molecule has 19 heavy (non-hydrogen) atoms. The van der Waals surface area contributed by atoms with Gasteiger partial charge < -0.3 is 5.32 Å². The largest absolute Gasteiger partial charge is 0.350 e. The van der Waals surface area contributed by atoms with E-state index in [1.165, 1.54) is 32.1 Å². The van der Waals surface area contributed by atoms with Crippen molar-refractivity contribution in [3.05, 3.63) is 11.4 Å². The predicted octanol–water partition coefficient (Wildman–Crippen LogP) is 3.38. The van der Waals surface area contributed by atoms with Gasteiger partial charge in [0.15, 0.2) is 0 Å². The molecule has 4 nitrogen and oxygen atoms in total. The minimum absolute atomic E-state index is 0.501. The molecular formula is C15H26N4. The highest BCUT2D eigenvalue weighted by Gasteiger charge is 2.20. The van der Waals surface area contributed by atoms with Crippen LogP contribution in [0.3, 0.4) is 0 Å².